The second-order valence-electron chi connectivity index (χ2n) is 8.26. The minimum absolute atomic E-state index is 0.0818. The Kier molecular flexibility index (Phi) is 7.49. The minimum atomic E-state index is -0.826. The van der Waals surface area contributed by atoms with E-state index in [-0.39, 0.29) is 5.41 Å². The van der Waals surface area contributed by atoms with E-state index in [0.29, 0.717) is 0 Å². The maximum absolute atomic E-state index is 4.93. The normalized spacial score (nSPS) is 11.1. The van der Waals surface area contributed by atoms with Crippen molar-refractivity contribution in [3.05, 3.63) is 90.0 Å². The molecular weight excluding hydrogens is 474 g/mol. The molecular formula is C26H25Cl2Zr-. The Morgan fingerprint density at radius 1 is 0.793 bits per heavy atom. The zero-order valence-corrected chi connectivity index (χ0v) is 21.2. The van der Waals surface area contributed by atoms with Gasteiger partial charge in [0.2, 0.25) is 0 Å². The summed E-state index contributed by atoms with van der Waals surface area (Å²) >= 11 is -0.826. The van der Waals surface area contributed by atoms with Crippen molar-refractivity contribution in [2.75, 3.05) is 0 Å². The molecule has 4 aromatic carbocycles. The van der Waals surface area contributed by atoms with Crippen LogP contribution < -0.4 is 0 Å². The van der Waals surface area contributed by atoms with Gasteiger partial charge in [0.05, 0.1) is 0 Å². The first-order chi connectivity index (χ1) is 13.9. The molecule has 148 valence electrons. The number of rotatable bonds is 2. The molecule has 0 aliphatic carbocycles. The van der Waals surface area contributed by atoms with Crippen molar-refractivity contribution in [1.82, 2.24) is 0 Å². The number of halogens is 2. The zero-order valence-electron chi connectivity index (χ0n) is 17.3. The Labute approximate surface area is 192 Å². The van der Waals surface area contributed by atoms with E-state index in [4.69, 9.17) is 17.0 Å². The second kappa shape index (κ2) is 9.69. The van der Waals surface area contributed by atoms with Gasteiger partial charge in [-0.1, -0.05) is 93.4 Å². The van der Waals surface area contributed by atoms with Crippen molar-refractivity contribution >= 4 is 27.8 Å². The number of fused-ring (bicyclic) bond motifs is 1. The van der Waals surface area contributed by atoms with E-state index in [9.17, 15) is 0 Å². The van der Waals surface area contributed by atoms with Crippen LogP contribution in [0, 0.1) is 6.92 Å². The molecule has 0 unspecified atom stereocenters. The SMILES string of the molecule is Cc1cc2c(-c3ccccc3-c3ccccc3)c(C(C)(C)C)ccc2[cH-]1.[Cl][Zr][Cl]. The molecule has 0 nitrogen and oxygen atoms in total. The maximum atomic E-state index is 4.93. The fourth-order valence-electron chi connectivity index (χ4n) is 3.92. The van der Waals surface area contributed by atoms with Gasteiger partial charge in [-0.25, -0.2) is 0 Å². The molecule has 0 amide bonds. The molecule has 0 aromatic heterocycles. The molecule has 4 rings (SSSR count). The molecule has 0 bridgehead atoms. The molecule has 29 heavy (non-hydrogen) atoms. The molecule has 0 spiro atoms. The zero-order chi connectivity index (χ0) is 21.0. The second-order valence-corrected chi connectivity index (χ2v) is 12.0. The molecule has 0 aliphatic heterocycles. The quantitative estimate of drug-likeness (QED) is 0.242. The van der Waals surface area contributed by atoms with Crippen LogP contribution in [0.5, 0.6) is 0 Å². The molecule has 0 saturated carbocycles. The van der Waals surface area contributed by atoms with Crippen molar-refractivity contribution in [3.63, 3.8) is 0 Å². The van der Waals surface area contributed by atoms with Crippen molar-refractivity contribution in [3.8, 4) is 22.3 Å². The summed E-state index contributed by atoms with van der Waals surface area (Å²) in [5.41, 5.74) is 8.07. The van der Waals surface area contributed by atoms with Crippen LogP contribution >= 0.6 is 17.0 Å². The van der Waals surface area contributed by atoms with E-state index >= 15 is 0 Å². The van der Waals surface area contributed by atoms with Crippen LogP contribution in [0.15, 0.2) is 78.9 Å². The first-order valence-corrected chi connectivity index (χ1v) is 16.0. The summed E-state index contributed by atoms with van der Waals surface area (Å²) in [6.45, 7) is 9.10. The van der Waals surface area contributed by atoms with Crippen LogP contribution in [0.4, 0.5) is 0 Å². The van der Waals surface area contributed by atoms with Crippen molar-refractivity contribution < 1.29 is 20.8 Å². The third kappa shape index (κ3) is 5.08. The summed E-state index contributed by atoms with van der Waals surface area (Å²) in [5.74, 6) is 0. The Bertz CT molecular complexity index is 1090. The molecule has 0 N–H and O–H groups in total. The Morgan fingerprint density at radius 3 is 2.00 bits per heavy atom. The first-order valence-electron chi connectivity index (χ1n) is 9.68. The fraction of sp³-hybridized carbons (Fsp3) is 0.192. The van der Waals surface area contributed by atoms with Crippen LogP contribution in [0.25, 0.3) is 33.0 Å². The van der Waals surface area contributed by atoms with E-state index in [2.05, 4.69) is 107 Å². The predicted molar refractivity (Wildman–Crippen MR) is 126 cm³/mol. The molecule has 0 heterocycles. The number of hydrogen-bond acceptors (Lipinski definition) is 0. The molecule has 4 aromatic rings. The first kappa shape index (κ1) is 22.4. The standard InChI is InChI=1S/C26H25.2ClH.Zr/c1-18-16-20-14-15-24(26(2,3)4)25(23(20)17-18)22-13-9-8-12-21(22)19-10-6-5-7-11-19;;;/h5-17H,1-4H3;2*1H;/q-1;;;+2/p-2. The van der Waals surface area contributed by atoms with E-state index in [0.717, 1.165) is 0 Å². The molecule has 0 atom stereocenters. The summed E-state index contributed by atoms with van der Waals surface area (Å²) in [7, 11) is 9.87. The van der Waals surface area contributed by atoms with Crippen molar-refractivity contribution in [1.29, 1.82) is 0 Å². The Hall–Kier alpha value is -1.27. The molecule has 0 aliphatic rings. The van der Waals surface area contributed by atoms with E-state index in [1.54, 1.807) is 0 Å². The van der Waals surface area contributed by atoms with Gasteiger partial charge in [-0.3, -0.25) is 0 Å². The number of benzene rings is 3. The van der Waals surface area contributed by atoms with Gasteiger partial charge in [0, 0.05) is 0 Å². The average molecular weight is 500 g/mol. The van der Waals surface area contributed by atoms with Crippen molar-refractivity contribution in [2.24, 2.45) is 0 Å². The predicted octanol–water partition coefficient (Wildman–Crippen LogP) is 8.88. The summed E-state index contributed by atoms with van der Waals surface area (Å²) in [6.07, 6.45) is 0. The topological polar surface area (TPSA) is 0 Å². The molecule has 3 heteroatoms. The molecule has 0 saturated heterocycles. The van der Waals surface area contributed by atoms with Gasteiger partial charge in [-0.05, 0) is 22.1 Å². The Balaban J connectivity index is 0.000000755. The van der Waals surface area contributed by atoms with E-state index in [1.807, 2.05) is 0 Å². The van der Waals surface area contributed by atoms with Gasteiger partial charge < -0.3 is 0 Å². The van der Waals surface area contributed by atoms with Gasteiger partial charge in [-0.15, -0.1) is 34.5 Å². The van der Waals surface area contributed by atoms with Crippen LogP contribution in [0.1, 0.15) is 31.9 Å². The van der Waals surface area contributed by atoms with Gasteiger partial charge in [0.1, 0.15) is 0 Å². The summed E-state index contributed by atoms with van der Waals surface area (Å²) < 4.78 is 0. The summed E-state index contributed by atoms with van der Waals surface area (Å²) in [5, 5.41) is 2.69. The van der Waals surface area contributed by atoms with E-state index < -0.39 is 20.8 Å². The third-order valence-corrected chi connectivity index (χ3v) is 5.12. The van der Waals surface area contributed by atoms with Crippen LogP contribution in [-0.4, -0.2) is 0 Å². The van der Waals surface area contributed by atoms with Crippen LogP contribution in [0.3, 0.4) is 0 Å². The van der Waals surface area contributed by atoms with Gasteiger partial charge in [0.25, 0.3) is 0 Å². The molecule has 0 fully saturated rings. The summed E-state index contributed by atoms with van der Waals surface area (Å²) in [6, 6.07) is 28.7. The van der Waals surface area contributed by atoms with E-state index in [1.165, 1.54) is 44.2 Å². The number of aryl methyl sites for hydroxylation is 1. The average Bonchev–Trinajstić information content (AvgIpc) is 3.08. The van der Waals surface area contributed by atoms with Gasteiger partial charge >= 0.3 is 37.9 Å². The van der Waals surface area contributed by atoms with Crippen LogP contribution in [0.2, 0.25) is 0 Å². The Morgan fingerprint density at radius 2 is 1.38 bits per heavy atom. The monoisotopic (exact) mass is 497 g/mol. The third-order valence-electron chi connectivity index (χ3n) is 5.12. The van der Waals surface area contributed by atoms with Gasteiger partial charge in [0.15, 0.2) is 0 Å². The van der Waals surface area contributed by atoms with Gasteiger partial charge in [-0.2, -0.15) is 6.07 Å². The van der Waals surface area contributed by atoms with Crippen molar-refractivity contribution in [2.45, 2.75) is 33.1 Å². The fourth-order valence-corrected chi connectivity index (χ4v) is 3.92. The number of hydrogen-bond donors (Lipinski definition) is 0. The van der Waals surface area contributed by atoms with Crippen LogP contribution in [-0.2, 0) is 26.3 Å². The summed E-state index contributed by atoms with van der Waals surface area (Å²) in [4.78, 5) is 0. The molecule has 0 radical (unpaired) electrons.